The van der Waals surface area contributed by atoms with E-state index in [2.05, 4.69) is 5.32 Å². The normalized spacial score (nSPS) is 23.2. The van der Waals surface area contributed by atoms with Crippen molar-refractivity contribution in [2.24, 2.45) is 5.92 Å². The highest BCUT2D eigenvalue weighted by Gasteiger charge is 2.38. The lowest BCUT2D eigenvalue weighted by Gasteiger charge is -2.44. The van der Waals surface area contributed by atoms with Crippen molar-refractivity contribution in [3.05, 3.63) is 59.4 Å². The molecule has 5 rings (SSSR count). The summed E-state index contributed by atoms with van der Waals surface area (Å²) in [6.07, 6.45) is 2.34. The van der Waals surface area contributed by atoms with Crippen LogP contribution in [-0.4, -0.2) is 80.9 Å². The number of hydrogen-bond acceptors (Lipinski definition) is 5. The Morgan fingerprint density at radius 3 is 2.35 bits per heavy atom. The Kier molecular flexibility index (Phi) is 7.50. The highest BCUT2D eigenvalue weighted by molar-refractivity contribution is 5.79. The quantitative estimate of drug-likeness (QED) is 0.666. The molecular formula is C28H34FN3O5. The topological polar surface area (TPSA) is 80.3 Å². The molecule has 3 atom stereocenters. The number of benzene rings is 2. The smallest absolute Gasteiger partial charge is 0.320 e. The van der Waals surface area contributed by atoms with Crippen molar-refractivity contribution >= 4 is 11.9 Å². The number of amides is 3. The van der Waals surface area contributed by atoms with E-state index < -0.39 is 0 Å². The van der Waals surface area contributed by atoms with Gasteiger partial charge in [-0.15, -0.1) is 0 Å². The van der Waals surface area contributed by atoms with Gasteiger partial charge in [-0.05, 0) is 60.6 Å². The Morgan fingerprint density at radius 1 is 0.973 bits per heavy atom. The van der Waals surface area contributed by atoms with E-state index in [0.717, 1.165) is 30.4 Å². The van der Waals surface area contributed by atoms with Crippen LogP contribution in [0.15, 0.2) is 42.5 Å². The van der Waals surface area contributed by atoms with Crippen molar-refractivity contribution in [2.45, 2.75) is 37.3 Å². The minimum atomic E-state index is -0.265. The molecule has 0 aromatic heterocycles. The molecule has 1 N–H and O–H groups in total. The monoisotopic (exact) mass is 511 g/mol. The van der Waals surface area contributed by atoms with E-state index in [1.165, 1.54) is 12.1 Å². The van der Waals surface area contributed by atoms with E-state index in [1.54, 1.807) is 14.2 Å². The molecule has 3 amide bonds. The number of carbonyl (C=O) groups is 2. The van der Waals surface area contributed by atoms with E-state index >= 15 is 0 Å². The average molecular weight is 512 g/mol. The van der Waals surface area contributed by atoms with Crippen molar-refractivity contribution in [3.8, 4) is 11.5 Å². The summed E-state index contributed by atoms with van der Waals surface area (Å²) >= 11 is 0. The number of urea groups is 1. The van der Waals surface area contributed by atoms with Crippen molar-refractivity contribution in [1.29, 1.82) is 0 Å². The van der Waals surface area contributed by atoms with Gasteiger partial charge in [-0.1, -0.05) is 18.2 Å². The molecule has 0 spiro atoms. The number of fused-ring (bicyclic) bond motifs is 1. The number of nitrogens with one attached hydrogen (secondary N) is 1. The Balaban J connectivity index is 1.30. The van der Waals surface area contributed by atoms with E-state index in [1.807, 2.05) is 40.1 Å². The third kappa shape index (κ3) is 5.37. The second-order valence-corrected chi connectivity index (χ2v) is 10.0. The molecule has 2 aromatic rings. The molecule has 0 bridgehead atoms. The van der Waals surface area contributed by atoms with Gasteiger partial charge in [-0.2, -0.15) is 0 Å². The minimum Gasteiger partial charge on any atom is -0.493 e. The zero-order chi connectivity index (χ0) is 25.9. The lowest BCUT2D eigenvalue weighted by atomic mass is 9.76. The van der Waals surface area contributed by atoms with Gasteiger partial charge in [-0.25, -0.2) is 9.18 Å². The van der Waals surface area contributed by atoms with Crippen LogP contribution < -0.4 is 14.8 Å². The molecular weight excluding hydrogens is 477 g/mol. The van der Waals surface area contributed by atoms with E-state index in [-0.39, 0.29) is 48.3 Å². The zero-order valence-electron chi connectivity index (χ0n) is 21.3. The van der Waals surface area contributed by atoms with E-state index in [9.17, 15) is 14.0 Å². The van der Waals surface area contributed by atoms with Gasteiger partial charge in [0.25, 0.3) is 0 Å². The molecule has 198 valence electrons. The summed E-state index contributed by atoms with van der Waals surface area (Å²) in [5.74, 6) is 1.22. The first kappa shape index (κ1) is 25.3. The number of halogens is 1. The predicted molar refractivity (Wildman–Crippen MR) is 135 cm³/mol. The molecule has 0 radical (unpaired) electrons. The van der Waals surface area contributed by atoms with Crippen molar-refractivity contribution < 1.29 is 28.2 Å². The molecule has 37 heavy (non-hydrogen) atoms. The fourth-order valence-corrected chi connectivity index (χ4v) is 5.95. The SMILES string of the molecule is COc1ccc([C@H](c2ccc(F)cc2)C2CCN(C(=O)N3CC[C@@H]4OCC(=O)N[C@@H]4C3)CC2)cc1OC. The third-order valence-corrected chi connectivity index (χ3v) is 7.87. The fourth-order valence-electron chi connectivity index (χ4n) is 5.95. The maximum atomic E-state index is 13.7. The highest BCUT2D eigenvalue weighted by Crippen LogP contribution is 2.41. The Morgan fingerprint density at radius 2 is 1.65 bits per heavy atom. The summed E-state index contributed by atoms with van der Waals surface area (Å²) in [4.78, 5) is 28.8. The summed E-state index contributed by atoms with van der Waals surface area (Å²) in [5, 5.41) is 2.96. The Labute approximate surface area is 216 Å². The maximum absolute atomic E-state index is 13.7. The van der Waals surface area contributed by atoms with Gasteiger partial charge in [0.15, 0.2) is 11.5 Å². The second-order valence-electron chi connectivity index (χ2n) is 10.0. The summed E-state index contributed by atoms with van der Waals surface area (Å²) in [7, 11) is 3.23. The summed E-state index contributed by atoms with van der Waals surface area (Å²) in [5.41, 5.74) is 2.11. The third-order valence-electron chi connectivity index (χ3n) is 7.87. The lowest BCUT2D eigenvalue weighted by Crippen LogP contribution is -2.62. The summed E-state index contributed by atoms with van der Waals surface area (Å²) < 4.78 is 30.3. The van der Waals surface area contributed by atoms with Crippen LogP contribution in [0.3, 0.4) is 0 Å². The fraction of sp³-hybridized carbons (Fsp3) is 0.500. The molecule has 0 saturated carbocycles. The first-order chi connectivity index (χ1) is 18.0. The van der Waals surface area contributed by atoms with Crippen LogP contribution in [0.5, 0.6) is 11.5 Å². The highest BCUT2D eigenvalue weighted by atomic mass is 19.1. The van der Waals surface area contributed by atoms with Crippen LogP contribution in [-0.2, 0) is 9.53 Å². The molecule has 3 fully saturated rings. The van der Waals surface area contributed by atoms with Gasteiger partial charge in [0, 0.05) is 32.1 Å². The lowest BCUT2D eigenvalue weighted by molar-refractivity contribution is -0.139. The van der Waals surface area contributed by atoms with Gasteiger partial charge in [-0.3, -0.25) is 4.79 Å². The van der Waals surface area contributed by atoms with Crippen LogP contribution in [0.2, 0.25) is 0 Å². The number of carbonyl (C=O) groups excluding carboxylic acids is 2. The number of hydrogen-bond donors (Lipinski definition) is 1. The second kappa shape index (κ2) is 11.0. The van der Waals surface area contributed by atoms with Crippen LogP contribution in [0.1, 0.15) is 36.3 Å². The zero-order valence-corrected chi connectivity index (χ0v) is 21.3. The molecule has 0 unspecified atom stereocenters. The predicted octanol–water partition coefficient (Wildman–Crippen LogP) is 3.40. The van der Waals surface area contributed by atoms with Crippen LogP contribution in [0.4, 0.5) is 9.18 Å². The Hall–Kier alpha value is -3.33. The minimum absolute atomic E-state index is 0.0150. The number of morpholine rings is 1. The molecule has 8 nitrogen and oxygen atoms in total. The number of rotatable bonds is 5. The molecule has 2 aromatic carbocycles. The molecule has 9 heteroatoms. The van der Waals surface area contributed by atoms with Crippen molar-refractivity contribution in [1.82, 2.24) is 15.1 Å². The summed E-state index contributed by atoms with van der Waals surface area (Å²) in [6.45, 7) is 2.47. The van der Waals surface area contributed by atoms with Crippen LogP contribution >= 0.6 is 0 Å². The number of methoxy groups -OCH3 is 2. The van der Waals surface area contributed by atoms with Crippen molar-refractivity contribution in [2.75, 3.05) is 47.0 Å². The molecule has 3 saturated heterocycles. The number of piperidine rings is 2. The molecule has 0 aliphatic carbocycles. The van der Waals surface area contributed by atoms with Crippen molar-refractivity contribution in [3.63, 3.8) is 0 Å². The number of likely N-dealkylation sites (tertiary alicyclic amines) is 2. The van der Waals surface area contributed by atoms with Gasteiger partial charge in [0.1, 0.15) is 12.4 Å². The first-order valence-corrected chi connectivity index (χ1v) is 12.9. The van der Waals surface area contributed by atoms with Crippen LogP contribution in [0.25, 0.3) is 0 Å². The van der Waals surface area contributed by atoms with Gasteiger partial charge in [0.05, 0.1) is 26.4 Å². The van der Waals surface area contributed by atoms with Gasteiger partial charge in [0.2, 0.25) is 5.91 Å². The number of ether oxygens (including phenoxy) is 3. The summed E-state index contributed by atoms with van der Waals surface area (Å²) in [6, 6.07) is 12.5. The molecule has 3 heterocycles. The standard InChI is InChI=1S/C28H34FN3O5/c1-35-24-8-5-20(15-25(24)36-2)27(18-3-6-21(29)7-4-18)19-9-12-31(13-10-19)28(34)32-14-11-23-22(16-32)30-26(33)17-37-23/h3-8,15,19,22-23,27H,9-14,16-17H2,1-2H3,(H,30,33)/t22-,23+,27-/m1/s1. The van der Waals surface area contributed by atoms with Crippen LogP contribution in [0, 0.1) is 11.7 Å². The van der Waals surface area contributed by atoms with E-state index in [4.69, 9.17) is 14.2 Å². The Bertz CT molecular complexity index is 1120. The number of nitrogens with zero attached hydrogens (tertiary/aromatic N) is 2. The molecule has 3 aliphatic rings. The van der Waals surface area contributed by atoms with Gasteiger partial charge < -0.3 is 29.3 Å². The van der Waals surface area contributed by atoms with Gasteiger partial charge >= 0.3 is 6.03 Å². The maximum Gasteiger partial charge on any atom is 0.320 e. The molecule has 3 aliphatic heterocycles. The van der Waals surface area contributed by atoms with E-state index in [0.29, 0.717) is 37.7 Å². The average Bonchev–Trinajstić information content (AvgIpc) is 2.93. The largest absolute Gasteiger partial charge is 0.493 e. The first-order valence-electron chi connectivity index (χ1n) is 12.9.